The third-order valence-corrected chi connectivity index (χ3v) is 3.61. The van der Waals surface area contributed by atoms with E-state index in [-0.39, 0.29) is 5.54 Å². The van der Waals surface area contributed by atoms with Gasteiger partial charge >= 0.3 is 0 Å². The second kappa shape index (κ2) is 4.81. The molecule has 2 N–H and O–H groups in total. The largest absolute Gasteiger partial charge is 0.329 e. The number of likely N-dealkylation sites (N-methyl/N-ethyl adjacent to an activating group) is 1. The van der Waals surface area contributed by atoms with Crippen LogP contribution in [0.2, 0.25) is 0 Å². The Bertz CT molecular complexity index is 203. The number of piperazine rings is 1. The normalized spacial score (nSPS) is 30.4. The van der Waals surface area contributed by atoms with Crippen molar-refractivity contribution in [2.24, 2.45) is 5.73 Å². The van der Waals surface area contributed by atoms with Gasteiger partial charge in [0, 0.05) is 37.3 Å². The minimum absolute atomic E-state index is 0.243. The molecule has 0 radical (unpaired) electrons. The molecule has 90 valence electrons. The first-order valence-corrected chi connectivity index (χ1v) is 6.09. The van der Waals surface area contributed by atoms with Crippen molar-refractivity contribution in [1.29, 1.82) is 0 Å². The van der Waals surface area contributed by atoms with Gasteiger partial charge in [-0.1, -0.05) is 6.92 Å². The van der Waals surface area contributed by atoms with Gasteiger partial charge in [-0.05, 0) is 34.2 Å². The van der Waals surface area contributed by atoms with Crippen LogP contribution in [0.25, 0.3) is 0 Å². The summed E-state index contributed by atoms with van der Waals surface area (Å²) in [6, 6.07) is 1.14. The number of hydrogen-bond acceptors (Lipinski definition) is 3. The lowest BCUT2D eigenvalue weighted by atomic mass is 9.92. The van der Waals surface area contributed by atoms with Crippen molar-refractivity contribution in [3.05, 3.63) is 0 Å². The molecule has 0 aromatic carbocycles. The van der Waals surface area contributed by atoms with Crippen molar-refractivity contribution in [3.8, 4) is 0 Å². The molecule has 0 amide bonds. The fourth-order valence-corrected chi connectivity index (χ4v) is 3.09. The van der Waals surface area contributed by atoms with E-state index >= 15 is 0 Å². The average Bonchev–Trinajstić information content (AvgIpc) is 2.14. The van der Waals surface area contributed by atoms with Crippen molar-refractivity contribution in [1.82, 2.24) is 9.80 Å². The molecule has 0 bridgehead atoms. The highest BCUT2D eigenvalue weighted by molar-refractivity contribution is 4.97. The molecule has 3 nitrogen and oxygen atoms in total. The zero-order valence-electron chi connectivity index (χ0n) is 11.0. The molecule has 1 rings (SSSR count). The predicted octanol–water partition coefficient (Wildman–Crippen LogP) is 1.14. The van der Waals surface area contributed by atoms with Crippen LogP contribution in [0.3, 0.4) is 0 Å². The molecular weight excluding hydrogens is 186 g/mol. The molecule has 2 atom stereocenters. The summed E-state index contributed by atoms with van der Waals surface area (Å²) in [4.78, 5) is 5.02. The topological polar surface area (TPSA) is 32.5 Å². The molecule has 1 heterocycles. The van der Waals surface area contributed by atoms with E-state index in [1.54, 1.807) is 0 Å². The Morgan fingerprint density at radius 3 is 2.53 bits per heavy atom. The van der Waals surface area contributed by atoms with E-state index in [1.165, 1.54) is 6.42 Å². The van der Waals surface area contributed by atoms with E-state index in [0.717, 1.165) is 19.6 Å². The zero-order valence-corrected chi connectivity index (χ0v) is 11.0. The van der Waals surface area contributed by atoms with Crippen LogP contribution in [0.4, 0.5) is 0 Å². The third-order valence-electron chi connectivity index (χ3n) is 3.61. The quantitative estimate of drug-likeness (QED) is 0.763. The lowest BCUT2D eigenvalue weighted by molar-refractivity contribution is -0.0395. The first kappa shape index (κ1) is 12.9. The molecule has 0 aromatic heterocycles. The third kappa shape index (κ3) is 2.71. The molecule has 1 saturated heterocycles. The van der Waals surface area contributed by atoms with Crippen LogP contribution in [0.15, 0.2) is 0 Å². The van der Waals surface area contributed by atoms with Crippen LogP contribution in [0.5, 0.6) is 0 Å². The molecule has 0 aliphatic carbocycles. The van der Waals surface area contributed by atoms with Crippen molar-refractivity contribution >= 4 is 0 Å². The van der Waals surface area contributed by atoms with E-state index in [4.69, 9.17) is 5.73 Å². The highest BCUT2D eigenvalue weighted by Crippen LogP contribution is 2.27. The monoisotopic (exact) mass is 213 g/mol. The van der Waals surface area contributed by atoms with Gasteiger partial charge in [0.05, 0.1) is 0 Å². The van der Waals surface area contributed by atoms with E-state index in [0.29, 0.717) is 12.1 Å². The lowest BCUT2D eigenvalue weighted by Crippen LogP contribution is -2.67. The van der Waals surface area contributed by atoms with Gasteiger partial charge in [-0.2, -0.15) is 0 Å². The van der Waals surface area contributed by atoms with Gasteiger partial charge in [0.1, 0.15) is 0 Å². The molecular formula is C12H27N3. The van der Waals surface area contributed by atoms with Crippen LogP contribution >= 0.6 is 0 Å². The van der Waals surface area contributed by atoms with Crippen molar-refractivity contribution in [3.63, 3.8) is 0 Å². The standard InChI is InChI=1S/C12H27N3/c1-6-10(2)15-11(7-13)8-14(5)9-12(15,3)4/h10-11H,6-9,13H2,1-5H3. The molecule has 1 aliphatic rings. The fourth-order valence-electron chi connectivity index (χ4n) is 3.09. The summed E-state index contributed by atoms with van der Waals surface area (Å²) in [6.45, 7) is 12.2. The van der Waals surface area contributed by atoms with Crippen LogP contribution in [-0.2, 0) is 0 Å². The van der Waals surface area contributed by atoms with Gasteiger partial charge in [0.2, 0.25) is 0 Å². The first-order valence-electron chi connectivity index (χ1n) is 6.09. The summed E-state index contributed by atoms with van der Waals surface area (Å²) in [5.41, 5.74) is 6.14. The minimum Gasteiger partial charge on any atom is -0.329 e. The second-order valence-electron chi connectivity index (χ2n) is 5.56. The van der Waals surface area contributed by atoms with E-state index < -0.39 is 0 Å². The highest BCUT2D eigenvalue weighted by Gasteiger charge is 2.39. The SMILES string of the molecule is CCC(C)N1C(CN)CN(C)CC1(C)C. The van der Waals surface area contributed by atoms with Crippen LogP contribution in [-0.4, -0.2) is 54.1 Å². The van der Waals surface area contributed by atoms with Crippen molar-refractivity contribution < 1.29 is 0 Å². The predicted molar refractivity (Wildman–Crippen MR) is 66.0 cm³/mol. The molecule has 1 fully saturated rings. The second-order valence-corrected chi connectivity index (χ2v) is 5.56. The van der Waals surface area contributed by atoms with Gasteiger partial charge in [0.25, 0.3) is 0 Å². The summed E-state index contributed by atoms with van der Waals surface area (Å²) >= 11 is 0. The van der Waals surface area contributed by atoms with Gasteiger partial charge in [-0.3, -0.25) is 4.90 Å². The number of nitrogens with two attached hydrogens (primary N) is 1. The first-order chi connectivity index (χ1) is 6.92. The maximum atomic E-state index is 5.90. The van der Waals surface area contributed by atoms with Crippen LogP contribution in [0.1, 0.15) is 34.1 Å². The molecule has 1 aliphatic heterocycles. The number of nitrogens with zero attached hydrogens (tertiary/aromatic N) is 2. The average molecular weight is 213 g/mol. The van der Waals surface area contributed by atoms with Gasteiger partial charge in [-0.15, -0.1) is 0 Å². The Kier molecular flexibility index (Phi) is 4.15. The number of hydrogen-bond donors (Lipinski definition) is 1. The fraction of sp³-hybridized carbons (Fsp3) is 1.00. The number of rotatable bonds is 3. The van der Waals surface area contributed by atoms with E-state index in [9.17, 15) is 0 Å². The zero-order chi connectivity index (χ0) is 11.6. The summed E-state index contributed by atoms with van der Waals surface area (Å²) in [6.07, 6.45) is 1.20. The van der Waals surface area contributed by atoms with Gasteiger partial charge < -0.3 is 10.6 Å². The molecule has 3 heteroatoms. The highest BCUT2D eigenvalue weighted by atomic mass is 15.3. The van der Waals surface area contributed by atoms with Crippen LogP contribution in [0, 0.1) is 0 Å². The summed E-state index contributed by atoms with van der Waals surface area (Å²) in [5, 5.41) is 0. The Hall–Kier alpha value is -0.120. The Morgan fingerprint density at radius 2 is 2.07 bits per heavy atom. The van der Waals surface area contributed by atoms with Gasteiger partial charge in [-0.25, -0.2) is 0 Å². The Morgan fingerprint density at radius 1 is 1.47 bits per heavy atom. The van der Waals surface area contributed by atoms with Crippen molar-refractivity contribution in [2.75, 3.05) is 26.7 Å². The maximum absolute atomic E-state index is 5.90. The van der Waals surface area contributed by atoms with Gasteiger partial charge in [0.15, 0.2) is 0 Å². The molecule has 2 unspecified atom stereocenters. The van der Waals surface area contributed by atoms with Crippen LogP contribution < -0.4 is 5.73 Å². The molecule has 15 heavy (non-hydrogen) atoms. The summed E-state index contributed by atoms with van der Waals surface area (Å²) < 4.78 is 0. The van der Waals surface area contributed by atoms with Crippen molar-refractivity contribution in [2.45, 2.75) is 51.7 Å². The molecule has 0 saturated carbocycles. The summed E-state index contributed by atoms with van der Waals surface area (Å²) in [7, 11) is 2.19. The minimum atomic E-state index is 0.243. The molecule has 0 aromatic rings. The summed E-state index contributed by atoms with van der Waals surface area (Å²) in [5.74, 6) is 0. The van der Waals surface area contributed by atoms with E-state index in [2.05, 4.69) is 44.5 Å². The smallest absolute Gasteiger partial charge is 0.0354 e. The molecule has 0 spiro atoms. The van der Waals surface area contributed by atoms with E-state index in [1.807, 2.05) is 0 Å². The maximum Gasteiger partial charge on any atom is 0.0354 e. The Balaban J connectivity index is 2.85. The lowest BCUT2D eigenvalue weighted by Gasteiger charge is -2.53. The Labute approximate surface area is 94.6 Å².